The van der Waals surface area contributed by atoms with Gasteiger partial charge >= 0.3 is 11.9 Å². The fourth-order valence-electron chi connectivity index (χ4n) is 2.70. The van der Waals surface area contributed by atoms with Gasteiger partial charge in [0.25, 0.3) is 0 Å². The quantitative estimate of drug-likeness (QED) is 0.583. The number of esters is 2. The number of carbonyl (C=O) groups excluding carboxylic acids is 3. The average molecular weight is 358 g/mol. The Morgan fingerprint density at radius 3 is 2.42 bits per heavy atom. The Bertz CT molecular complexity index is 838. The standard InChI is InChI=1S/C19H22N2O5/c1-5-25-19(24)16-11(2)17(21-12(16)3)15(22)10-26-18(23)13-8-6-7-9-14(13)20-4/h6-9,20-21H,5,10H2,1-4H3. The van der Waals surface area contributed by atoms with Gasteiger partial charge in [-0.1, -0.05) is 12.1 Å². The Morgan fingerprint density at radius 1 is 1.08 bits per heavy atom. The summed E-state index contributed by atoms with van der Waals surface area (Å²) in [5.74, 6) is -1.51. The first-order valence-electron chi connectivity index (χ1n) is 8.24. The molecule has 7 heteroatoms. The van der Waals surface area contributed by atoms with Crippen LogP contribution in [0.15, 0.2) is 24.3 Å². The lowest BCUT2D eigenvalue weighted by Crippen LogP contribution is -2.16. The van der Waals surface area contributed by atoms with Gasteiger partial charge in [0.1, 0.15) is 0 Å². The number of aromatic nitrogens is 1. The number of ketones is 1. The van der Waals surface area contributed by atoms with Crippen molar-refractivity contribution in [3.05, 3.63) is 52.3 Å². The maximum Gasteiger partial charge on any atom is 0.340 e. The van der Waals surface area contributed by atoms with Gasteiger partial charge in [-0.05, 0) is 38.5 Å². The molecule has 2 aromatic rings. The van der Waals surface area contributed by atoms with Gasteiger partial charge in [-0.2, -0.15) is 0 Å². The van der Waals surface area contributed by atoms with Crippen LogP contribution in [-0.4, -0.2) is 43.0 Å². The van der Waals surface area contributed by atoms with Gasteiger partial charge in [0, 0.05) is 18.4 Å². The van der Waals surface area contributed by atoms with E-state index >= 15 is 0 Å². The number of carbonyl (C=O) groups is 3. The fraction of sp³-hybridized carbons (Fsp3) is 0.316. The van der Waals surface area contributed by atoms with E-state index in [1.54, 1.807) is 52.1 Å². The Kier molecular flexibility index (Phi) is 6.16. The average Bonchev–Trinajstić information content (AvgIpc) is 2.93. The molecule has 0 atom stereocenters. The van der Waals surface area contributed by atoms with E-state index in [2.05, 4.69) is 10.3 Å². The van der Waals surface area contributed by atoms with Crippen molar-refractivity contribution in [2.24, 2.45) is 0 Å². The summed E-state index contributed by atoms with van der Waals surface area (Å²) in [6, 6.07) is 6.85. The number of Topliss-reactive ketones (excluding diaryl/α,β-unsaturated/α-hetero) is 1. The van der Waals surface area contributed by atoms with Gasteiger partial charge in [-0.15, -0.1) is 0 Å². The van der Waals surface area contributed by atoms with Crippen molar-refractivity contribution in [3.8, 4) is 0 Å². The summed E-state index contributed by atoms with van der Waals surface area (Å²) >= 11 is 0. The van der Waals surface area contributed by atoms with Crippen molar-refractivity contribution in [2.75, 3.05) is 25.6 Å². The van der Waals surface area contributed by atoms with Crippen molar-refractivity contribution in [2.45, 2.75) is 20.8 Å². The summed E-state index contributed by atoms with van der Waals surface area (Å²) in [4.78, 5) is 39.5. The first-order valence-corrected chi connectivity index (χ1v) is 8.24. The van der Waals surface area contributed by atoms with Gasteiger partial charge in [-0.25, -0.2) is 9.59 Å². The van der Waals surface area contributed by atoms with Crippen LogP contribution in [0.2, 0.25) is 0 Å². The van der Waals surface area contributed by atoms with Gasteiger partial charge in [0.15, 0.2) is 6.61 Å². The molecule has 0 saturated carbocycles. The molecule has 1 aromatic heterocycles. The number of para-hydroxylation sites is 1. The molecule has 0 fully saturated rings. The third kappa shape index (κ3) is 3.93. The molecule has 0 saturated heterocycles. The zero-order valence-corrected chi connectivity index (χ0v) is 15.3. The third-order valence-corrected chi connectivity index (χ3v) is 3.95. The molecule has 0 amide bonds. The van der Waals surface area contributed by atoms with Crippen LogP contribution in [0.25, 0.3) is 0 Å². The highest BCUT2D eigenvalue weighted by molar-refractivity contribution is 6.03. The van der Waals surface area contributed by atoms with E-state index in [1.807, 2.05) is 0 Å². The molecule has 2 rings (SSSR count). The topological polar surface area (TPSA) is 97.5 Å². The number of hydrogen-bond acceptors (Lipinski definition) is 6. The predicted octanol–water partition coefficient (Wildman–Crippen LogP) is 2.89. The number of ether oxygens (including phenoxy) is 2. The second-order valence-electron chi connectivity index (χ2n) is 5.64. The second-order valence-corrected chi connectivity index (χ2v) is 5.64. The molecule has 26 heavy (non-hydrogen) atoms. The van der Waals surface area contributed by atoms with Crippen molar-refractivity contribution in [1.82, 2.24) is 4.98 Å². The van der Waals surface area contributed by atoms with Crippen molar-refractivity contribution in [1.29, 1.82) is 0 Å². The molecule has 0 spiro atoms. The minimum atomic E-state index is -0.602. The molecule has 0 bridgehead atoms. The van der Waals surface area contributed by atoms with Crippen LogP contribution in [0, 0.1) is 13.8 Å². The number of anilines is 1. The number of rotatable bonds is 7. The van der Waals surface area contributed by atoms with Crippen LogP contribution >= 0.6 is 0 Å². The predicted molar refractivity (Wildman–Crippen MR) is 96.8 cm³/mol. The maximum atomic E-state index is 12.4. The van der Waals surface area contributed by atoms with E-state index < -0.39 is 24.3 Å². The number of hydrogen-bond donors (Lipinski definition) is 2. The van der Waals surface area contributed by atoms with Crippen LogP contribution in [0.1, 0.15) is 49.4 Å². The van der Waals surface area contributed by atoms with Gasteiger partial charge in [0.05, 0.1) is 23.4 Å². The molecule has 1 heterocycles. The highest BCUT2D eigenvalue weighted by atomic mass is 16.5. The zero-order valence-electron chi connectivity index (χ0n) is 15.3. The van der Waals surface area contributed by atoms with E-state index in [9.17, 15) is 14.4 Å². The van der Waals surface area contributed by atoms with Crippen molar-refractivity contribution in [3.63, 3.8) is 0 Å². The molecule has 138 valence electrons. The smallest absolute Gasteiger partial charge is 0.340 e. The molecular weight excluding hydrogens is 336 g/mol. The lowest BCUT2D eigenvalue weighted by atomic mass is 10.1. The third-order valence-electron chi connectivity index (χ3n) is 3.95. The van der Waals surface area contributed by atoms with E-state index in [0.29, 0.717) is 28.1 Å². The molecule has 0 unspecified atom stereocenters. The van der Waals surface area contributed by atoms with Gasteiger partial charge in [0.2, 0.25) is 5.78 Å². The van der Waals surface area contributed by atoms with E-state index in [0.717, 1.165) is 0 Å². The molecule has 2 N–H and O–H groups in total. The summed E-state index contributed by atoms with van der Waals surface area (Å²) in [7, 11) is 1.69. The fourth-order valence-corrected chi connectivity index (χ4v) is 2.70. The zero-order chi connectivity index (χ0) is 19.3. The molecular formula is C19H22N2O5. The summed E-state index contributed by atoms with van der Waals surface area (Å²) < 4.78 is 10.1. The highest BCUT2D eigenvalue weighted by Gasteiger charge is 2.23. The number of nitrogens with one attached hydrogen (secondary N) is 2. The SMILES string of the molecule is CCOC(=O)c1c(C)[nH]c(C(=O)COC(=O)c2ccccc2NC)c1C. The minimum absolute atomic E-state index is 0.236. The lowest BCUT2D eigenvalue weighted by Gasteiger charge is -2.08. The molecule has 1 aromatic carbocycles. The van der Waals surface area contributed by atoms with Crippen LogP contribution < -0.4 is 5.32 Å². The largest absolute Gasteiger partial charge is 0.462 e. The number of aromatic amines is 1. The molecule has 0 aliphatic carbocycles. The first-order chi connectivity index (χ1) is 12.4. The van der Waals surface area contributed by atoms with E-state index in [1.165, 1.54) is 0 Å². The highest BCUT2D eigenvalue weighted by Crippen LogP contribution is 2.20. The summed E-state index contributed by atoms with van der Waals surface area (Å²) in [5.41, 5.74) is 2.55. The molecule has 0 aliphatic heterocycles. The Balaban J connectivity index is 2.12. The normalized spacial score (nSPS) is 10.3. The lowest BCUT2D eigenvalue weighted by molar-refractivity contribution is 0.0473. The summed E-state index contributed by atoms with van der Waals surface area (Å²) in [6.07, 6.45) is 0. The maximum absolute atomic E-state index is 12.4. The second kappa shape index (κ2) is 8.33. The van der Waals surface area contributed by atoms with Crippen LogP contribution in [-0.2, 0) is 9.47 Å². The van der Waals surface area contributed by atoms with Crippen LogP contribution in [0.5, 0.6) is 0 Å². The molecule has 0 aliphatic rings. The van der Waals surface area contributed by atoms with E-state index in [-0.39, 0.29) is 12.3 Å². The van der Waals surface area contributed by atoms with Crippen molar-refractivity contribution >= 4 is 23.4 Å². The van der Waals surface area contributed by atoms with Crippen LogP contribution in [0.4, 0.5) is 5.69 Å². The summed E-state index contributed by atoms with van der Waals surface area (Å²) in [5, 5.41) is 2.90. The van der Waals surface area contributed by atoms with E-state index in [4.69, 9.17) is 9.47 Å². The Morgan fingerprint density at radius 2 is 1.77 bits per heavy atom. The van der Waals surface area contributed by atoms with Gasteiger partial charge < -0.3 is 19.8 Å². The minimum Gasteiger partial charge on any atom is -0.462 e. The monoisotopic (exact) mass is 358 g/mol. The number of H-pyrrole nitrogens is 1. The number of benzene rings is 1. The molecule has 7 nitrogen and oxygen atoms in total. The van der Waals surface area contributed by atoms with Gasteiger partial charge in [-0.3, -0.25) is 4.79 Å². The number of aryl methyl sites for hydroxylation is 1. The van der Waals surface area contributed by atoms with Crippen molar-refractivity contribution < 1.29 is 23.9 Å². The Hall–Kier alpha value is -3.09. The van der Waals surface area contributed by atoms with Crippen LogP contribution in [0.3, 0.4) is 0 Å². The Labute approximate surface area is 151 Å². The molecule has 0 radical (unpaired) electrons. The summed E-state index contributed by atoms with van der Waals surface area (Å²) in [6.45, 7) is 4.87. The first kappa shape index (κ1) is 19.2.